The minimum absolute atomic E-state index is 0.196. The topological polar surface area (TPSA) is 87.0 Å². The Morgan fingerprint density at radius 2 is 1.93 bits per heavy atom. The molecule has 7 nitrogen and oxygen atoms in total. The molecule has 0 saturated heterocycles. The molecule has 2 aromatic rings. The smallest absolute Gasteiger partial charge is 0.341 e. The molecule has 1 aromatic heterocycles. The summed E-state index contributed by atoms with van der Waals surface area (Å²) in [4.78, 5) is 24.1. The highest BCUT2D eigenvalue weighted by atomic mass is 16.5. The third kappa shape index (κ3) is 3.81. The van der Waals surface area contributed by atoms with Gasteiger partial charge in [-0.15, -0.1) is 0 Å². The molecule has 0 bridgehead atoms. The number of carboxylic acids is 1. The maximum absolute atomic E-state index is 12.5. The van der Waals surface area contributed by atoms with E-state index in [1.54, 1.807) is 14.2 Å². The Morgan fingerprint density at radius 3 is 2.53 bits per heavy atom. The minimum atomic E-state index is -1.22. The monoisotopic (exact) mass is 415 g/mol. The molecule has 0 saturated carbocycles. The van der Waals surface area contributed by atoms with Crippen LogP contribution >= 0.6 is 0 Å². The van der Waals surface area contributed by atoms with Gasteiger partial charge in [-0.1, -0.05) is 13.8 Å². The highest BCUT2D eigenvalue weighted by molar-refractivity contribution is 5.88. The molecule has 0 spiro atoms. The Kier molecular flexibility index (Phi) is 6.22. The number of benzene rings is 1. The van der Waals surface area contributed by atoms with Crippen LogP contribution in [-0.2, 0) is 16.7 Å². The summed E-state index contributed by atoms with van der Waals surface area (Å²) in [6.07, 6.45) is 2.91. The molecule has 1 N–H and O–H groups in total. The van der Waals surface area contributed by atoms with Crippen LogP contribution in [-0.4, -0.2) is 43.1 Å². The number of methoxy groups -OCH3 is 2. The first-order valence-corrected chi connectivity index (χ1v) is 10.1. The molecule has 30 heavy (non-hydrogen) atoms. The summed E-state index contributed by atoms with van der Waals surface area (Å²) in [5.41, 5.74) is 1.44. The van der Waals surface area contributed by atoms with Crippen LogP contribution in [0.1, 0.15) is 43.1 Å². The maximum atomic E-state index is 12.5. The van der Waals surface area contributed by atoms with Crippen LogP contribution in [0.15, 0.2) is 29.2 Å². The molecular weight excluding hydrogens is 386 g/mol. The van der Waals surface area contributed by atoms with Crippen LogP contribution in [0.2, 0.25) is 0 Å². The van der Waals surface area contributed by atoms with Gasteiger partial charge >= 0.3 is 5.97 Å². The summed E-state index contributed by atoms with van der Waals surface area (Å²) in [5.74, 6) is 0.198. The Balaban J connectivity index is 2.17. The van der Waals surface area contributed by atoms with Gasteiger partial charge in [-0.2, -0.15) is 0 Å². The fourth-order valence-electron chi connectivity index (χ4n) is 3.92. The molecule has 3 rings (SSSR count). The van der Waals surface area contributed by atoms with Gasteiger partial charge in [-0.25, -0.2) is 4.79 Å². The molecule has 1 atom stereocenters. The van der Waals surface area contributed by atoms with Gasteiger partial charge in [0.25, 0.3) is 0 Å². The molecule has 7 heteroatoms. The van der Waals surface area contributed by atoms with E-state index in [-0.39, 0.29) is 11.5 Å². The average molecular weight is 415 g/mol. The fourth-order valence-corrected chi connectivity index (χ4v) is 3.92. The third-order valence-electron chi connectivity index (χ3n) is 6.04. The average Bonchev–Trinajstić information content (AvgIpc) is 2.70. The molecule has 1 aromatic carbocycles. The van der Waals surface area contributed by atoms with Crippen molar-refractivity contribution in [1.82, 2.24) is 4.57 Å². The maximum Gasteiger partial charge on any atom is 0.341 e. The second-order valence-electron chi connectivity index (χ2n) is 8.16. The lowest BCUT2D eigenvalue weighted by molar-refractivity contribution is 0.0693. The molecule has 1 aliphatic rings. The van der Waals surface area contributed by atoms with Gasteiger partial charge in [0.05, 0.1) is 19.4 Å². The second kappa shape index (κ2) is 8.52. The molecule has 0 aliphatic carbocycles. The largest absolute Gasteiger partial charge is 0.493 e. The molecular formula is C23H29NO6. The lowest BCUT2D eigenvalue weighted by atomic mass is 9.77. The zero-order valence-corrected chi connectivity index (χ0v) is 18.2. The first-order chi connectivity index (χ1) is 14.2. The van der Waals surface area contributed by atoms with Crippen molar-refractivity contribution in [2.24, 2.45) is 5.92 Å². The van der Waals surface area contributed by atoms with Gasteiger partial charge in [0.2, 0.25) is 0 Å². The van der Waals surface area contributed by atoms with E-state index in [4.69, 9.17) is 14.2 Å². The molecule has 0 amide bonds. The number of hydrogen-bond acceptors (Lipinski definition) is 5. The number of pyridine rings is 1. The zero-order valence-electron chi connectivity index (χ0n) is 18.2. The second-order valence-corrected chi connectivity index (χ2v) is 8.16. The van der Waals surface area contributed by atoms with Gasteiger partial charge in [-0.3, -0.25) is 4.79 Å². The van der Waals surface area contributed by atoms with Crippen molar-refractivity contribution in [3.05, 3.63) is 45.7 Å². The van der Waals surface area contributed by atoms with E-state index in [0.717, 1.165) is 17.5 Å². The van der Waals surface area contributed by atoms with Gasteiger partial charge in [0, 0.05) is 43.5 Å². The molecule has 2 heterocycles. The van der Waals surface area contributed by atoms with Gasteiger partial charge in [0.1, 0.15) is 5.56 Å². The fraction of sp³-hybridized carbons (Fsp3) is 0.478. The van der Waals surface area contributed by atoms with E-state index in [0.29, 0.717) is 36.8 Å². The van der Waals surface area contributed by atoms with Crippen molar-refractivity contribution in [2.75, 3.05) is 27.4 Å². The van der Waals surface area contributed by atoms with Crippen molar-refractivity contribution in [1.29, 1.82) is 0 Å². The summed E-state index contributed by atoms with van der Waals surface area (Å²) in [6.45, 7) is 7.39. The number of aromatic carboxylic acids is 1. The van der Waals surface area contributed by atoms with Crippen LogP contribution in [0, 0.1) is 5.92 Å². The molecule has 162 valence electrons. The number of carbonyl (C=O) groups is 1. The van der Waals surface area contributed by atoms with Crippen LogP contribution in [0.4, 0.5) is 0 Å². The van der Waals surface area contributed by atoms with Gasteiger partial charge in [0.15, 0.2) is 16.9 Å². The van der Waals surface area contributed by atoms with E-state index in [1.165, 1.54) is 12.3 Å². The Hall–Kier alpha value is -2.80. The summed E-state index contributed by atoms with van der Waals surface area (Å²) < 4.78 is 18.5. The summed E-state index contributed by atoms with van der Waals surface area (Å²) in [5, 5.41) is 9.45. The predicted molar refractivity (Wildman–Crippen MR) is 114 cm³/mol. The lowest BCUT2D eigenvalue weighted by Crippen LogP contribution is -2.42. The van der Waals surface area contributed by atoms with Gasteiger partial charge in [-0.05, 0) is 37.0 Å². The summed E-state index contributed by atoms with van der Waals surface area (Å²) >= 11 is 0. The summed E-state index contributed by atoms with van der Waals surface area (Å²) in [6, 6.07) is 5.26. The van der Waals surface area contributed by atoms with Crippen molar-refractivity contribution >= 4 is 5.97 Å². The highest BCUT2D eigenvalue weighted by Gasteiger charge is 2.38. The van der Waals surface area contributed by atoms with Crippen LogP contribution < -0.4 is 14.9 Å². The minimum Gasteiger partial charge on any atom is -0.493 e. The summed E-state index contributed by atoms with van der Waals surface area (Å²) in [7, 11) is 3.23. The van der Waals surface area contributed by atoms with E-state index >= 15 is 0 Å². The standard InChI is InChI=1S/C23H29NO6/c1-14(2)23(3)12-15-9-21(30-8-6-7-28-4)20(29-5)10-16(15)18-11-19(25)17(22(26)27)13-24(18)23/h9-11,13-14H,6-8,12H2,1-5H3,(H,26,27). The van der Waals surface area contributed by atoms with Crippen LogP contribution in [0.25, 0.3) is 11.3 Å². The van der Waals surface area contributed by atoms with Crippen LogP contribution in [0.3, 0.4) is 0 Å². The first kappa shape index (κ1) is 21.9. The normalized spacial score (nSPS) is 17.4. The number of rotatable bonds is 8. The number of ether oxygens (including phenoxy) is 3. The van der Waals surface area contributed by atoms with Crippen LogP contribution in [0.5, 0.6) is 11.5 Å². The van der Waals surface area contributed by atoms with E-state index in [1.807, 2.05) is 16.7 Å². The number of fused-ring (bicyclic) bond motifs is 3. The number of carboxylic acid groups (broad SMARTS) is 1. The van der Waals surface area contributed by atoms with E-state index in [9.17, 15) is 14.7 Å². The highest BCUT2D eigenvalue weighted by Crippen LogP contribution is 2.45. The van der Waals surface area contributed by atoms with Crippen molar-refractivity contribution < 1.29 is 24.1 Å². The Bertz CT molecular complexity index is 1010. The van der Waals surface area contributed by atoms with Crippen molar-refractivity contribution in [3.8, 4) is 22.8 Å². The molecule has 1 unspecified atom stereocenters. The van der Waals surface area contributed by atoms with E-state index in [2.05, 4.69) is 20.8 Å². The lowest BCUT2D eigenvalue weighted by Gasteiger charge is -2.43. The zero-order chi connectivity index (χ0) is 22.1. The van der Waals surface area contributed by atoms with Crippen molar-refractivity contribution in [3.63, 3.8) is 0 Å². The third-order valence-corrected chi connectivity index (χ3v) is 6.04. The number of aromatic nitrogens is 1. The molecule has 1 aliphatic heterocycles. The predicted octanol–water partition coefficient (Wildman–Crippen LogP) is 3.56. The number of hydrogen-bond donors (Lipinski definition) is 1. The quantitative estimate of drug-likeness (QED) is 0.664. The molecule has 0 fully saturated rings. The Labute approximate surface area is 176 Å². The van der Waals surface area contributed by atoms with Gasteiger partial charge < -0.3 is 23.9 Å². The van der Waals surface area contributed by atoms with Crippen molar-refractivity contribution in [2.45, 2.75) is 39.2 Å². The SMILES string of the molecule is COCCCOc1cc2c(cc1OC)-c1cc(=O)c(C(=O)O)cn1C(C)(C(C)C)C2. The first-order valence-electron chi connectivity index (χ1n) is 10.1. The number of nitrogens with zero attached hydrogens (tertiary/aromatic N) is 1. The molecule has 0 radical (unpaired) electrons. The van der Waals surface area contributed by atoms with E-state index < -0.39 is 16.9 Å². The Morgan fingerprint density at radius 1 is 1.20 bits per heavy atom.